The zero-order valence-electron chi connectivity index (χ0n) is 13.2. The van der Waals surface area contributed by atoms with Gasteiger partial charge in [0.25, 0.3) is 0 Å². The molecule has 1 spiro atoms. The van der Waals surface area contributed by atoms with Crippen LogP contribution in [0, 0.1) is 34.5 Å². The van der Waals surface area contributed by atoms with E-state index in [2.05, 4.69) is 20.8 Å². The predicted octanol–water partition coefficient (Wildman–Crippen LogP) is 2.53. The van der Waals surface area contributed by atoms with Gasteiger partial charge >= 0.3 is 0 Å². The van der Waals surface area contributed by atoms with E-state index in [1.165, 1.54) is 6.42 Å². The van der Waals surface area contributed by atoms with Crippen molar-refractivity contribution in [3.63, 3.8) is 0 Å². The first-order valence-electron chi connectivity index (χ1n) is 8.05. The van der Waals surface area contributed by atoms with Gasteiger partial charge in [0.2, 0.25) is 5.91 Å². The summed E-state index contributed by atoms with van der Waals surface area (Å²) in [6.07, 6.45) is 4.93. The van der Waals surface area contributed by atoms with Crippen molar-refractivity contribution in [2.24, 2.45) is 23.2 Å². The summed E-state index contributed by atoms with van der Waals surface area (Å²) in [7, 11) is 0. The number of Topliss-reactive ketones (excluding diaryl/α,β-unsaturated/α-hetero) is 1. The third kappa shape index (κ3) is 2.01. The average Bonchev–Trinajstić information content (AvgIpc) is 3.03. The summed E-state index contributed by atoms with van der Waals surface area (Å²) in [4.78, 5) is 27.2. The Morgan fingerprint density at radius 1 is 1.33 bits per heavy atom. The largest absolute Gasteiger partial charge is 0.328 e. The highest BCUT2D eigenvalue weighted by Gasteiger charge is 2.66. The van der Waals surface area contributed by atoms with Crippen LogP contribution in [0.1, 0.15) is 52.9 Å². The summed E-state index contributed by atoms with van der Waals surface area (Å²) in [5, 5.41) is 9.25. The molecule has 0 N–H and O–H groups in total. The van der Waals surface area contributed by atoms with Crippen LogP contribution in [-0.2, 0) is 9.59 Å². The first kappa shape index (κ1) is 14.6. The van der Waals surface area contributed by atoms with E-state index in [1.807, 2.05) is 6.07 Å². The molecule has 4 nitrogen and oxygen atoms in total. The van der Waals surface area contributed by atoms with Crippen molar-refractivity contribution in [1.82, 2.24) is 4.90 Å². The fourth-order valence-electron chi connectivity index (χ4n) is 4.65. The molecule has 1 aliphatic heterocycles. The van der Waals surface area contributed by atoms with Crippen LogP contribution in [0.4, 0.5) is 0 Å². The number of carbonyl (C=O) groups is 2. The number of hydrogen-bond donors (Lipinski definition) is 0. The summed E-state index contributed by atoms with van der Waals surface area (Å²) in [5.74, 6) is -0.529. The molecule has 2 bridgehead atoms. The van der Waals surface area contributed by atoms with E-state index in [0.29, 0.717) is 12.5 Å². The summed E-state index contributed by atoms with van der Waals surface area (Å²) in [5.41, 5.74) is -0.515. The van der Waals surface area contributed by atoms with Crippen LogP contribution in [-0.4, -0.2) is 28.7 Å². The molecule has 1 amide bonds. The van der Waals surface area contributed by atoms with Crippen LogP contribution in [0.2, 0.25) is 0 Å². The molecule has 2 saturated carbocycles. The summed E-state index contributed by atoms with van der Waals surface area (Å²) in [6, 6.07) is 1.96. The number of amides is 1. The number of nitriles is 1. The molecular weight excluding hydrogens is 264 g/mol. The maximum atomic E-state index is 12.8. The maximum Gasteiger partial charge on any atom is 0.248 e. The Labute approximate surface area is 126 Å². The Bertz CT molecular complexity index is 528. The zero-order valence-corrected chi connectivity index (χ0v) is 13.2. The molecule has 1 heterocycles. The monoisotopic (exact) mass is 288 g/mol. The fourth-order valence-corrected chi connectivity index (χ4v) is 4.65. The lowest BCUT2D eigenvalue weighted by Crippen LogP contribution is -2.54. The highest BCUT2D eigenvalue weighted by atomic mass is 16.2. The number of nitrogens with zero attached hydrogens (tertiary/aromatic N) is 2. The second-order valence-corrected chi connectivity index (χ2v) is 8.23. The number of ketones is 1. The number of carbonyl (C=O) groups excluding carboxylic acids is 2. The van der Waals surface area contributed by atoms with Gasteiger partial charge in [-0.1, -0.05) is 20.8 Å². The van der Waals surface area contributed by atoms with E-state index >= 15 is 0 Å². The lowest BCUT2D eigenvalue weighted by molar-refractivity contribution is -0.136. The van der Waals surface area contributed by atoms with Gasteiger partial charge in [-0.2, -0.15) is 5.26 Å². The Hall–Kier alpha value is -1.37. The SMILES string of the molecule is CC(C)(C)CCN1C(=O)C(C#N)C(=O)C12CC1CCC2C1. The van der Waals surface area contributed by atoms with Gasteiger partial charge in [0, 0.05) is 6.54 Å². The lowest BCUT2D eigenvalue weighted by atomic mass is 9.76. The first-order valence-corrected chi connectivity index (χ1v) is 8.05. The predicted molar refractivity (Wildman–Crippen MR) is 78.1 cm³/mol. The molecule has 1 saturated heterocycles. The second kappa shape index (κ2) is 4.56. The lowest BCUT2D eigenvalue weighted by Gasteiger charge is -2.41. The smallest absolute Gasteiger partial charge is 0.248 e. The Balaban J connectivity index is 1.93. The summed E-state index contributed by atoms with van der Waals surface area (Å²) >= 11 is 0. The molecule has 4 atom stereocenters. The number of fused-ring (bicyclic) bond motifs is 3. The summed E-state index contributed by atoms with van der Waals surface area (Å²) < 4.78 is 0. The quantitative estimate of drug-likeness (QED) is 0.734. The van der Waals surface area contributed by atoms with Crippen LogP contribution >= 0.6 is 0 Å². The molecule has 0 aromatic heterocycles. The number of hydrogen-bond acceptors (Lipinski definition) is 3. The van der Waals surface area contributed by atoms with Gasteiger partial charge in [0.15, 0.2) is 11.7 Å². The highest BCUT2D eigenvalue weighted by molar-refractivity contribution is 6.15. The Kier molecular flexibility index (Phi) is 3.16. The molecule has 0 radical (unpaired) electrons. The van der Waals surface area contributed by atoms with Crippen LogP contribution in [0.3, 0.4) is 0 Å². The topological polar surface area (TPSA) is 61.2 Å². The van der Waals surface area contributed by atoms with Crippen LogP contribution < -0.4 is 0 Å². The molecule has 3 rings (SSSR count). The number of rotatable bonds is 2. The number of likely N-dealkylation sites (tertiary alicyclic amines) is 1. The van der Waals surface area contributed by atoms with E-state index < -0.39 is 11.5 Å². The van der Waals surface area contributed by atoms with Crippen molar-refractivity contribution in [1.29, 1.82) is 5.26 Å². The van der Waals surface area contributed by atoms with Crippen molar-refractivity contribution in [2.45, 2.75) is 58.4 Å². The van der Waals surface area contributed by atoms with Crippen molar-refractivity contribution in [3.8, 4) is 6.07 Å². The molecular formula is C17H24N2O2. The van der Waals surface area contributed by atoms with E-state index in [4.69, 9.17) is 0 Å². The molecule has 3 fully saturated rings. The van der Waals surface area contributed by atoms with Crippen LogP contribution in [0.25, 0.3) is 0 Å². The van der Waals surface area contributed by atoms with Crippen molar-refractivity contribution in [3.05, 3.63) is 0 Å². The van der Waals surface area contributed by atoms with Crippen molar-refractivity contribution in [2.75, 3.05) is 6.54 Å². The van der Waals surface area contributed by atoms with Crippen LogP contribution in [0.15, 0.2) is 0 Å². The first-order chi connectivity index (χ1) is 9.79. The van der Waals surface area contributed by atoms with E-state index in [-0.39, 0.29) is 23.0 Å². The Morgan fingerprint density at radius 2 is 2.05 bits per heavy atom. The van der Waals surface area contributed by atoms with Gasteiger partial charge < -0.3 is 4.90 Å². The normalized spacial score (nSPS) is 38.6. The molecule has 2 aliphatic carbocycles. The molecule has 21 heavy (non-hydrogen) atoms. The van der Waals surface area contributed by atoms with Gasteiger partial charge in [-0.15, -0.1) is 0 Å². The fraction of sp³-hybridized carbons (Fsp3) is 0.824. The minimum Gasteiger partial charge on any atom is -0.328 e. The van der Waals surface area contributed by atoms with Crippen LogP contribution in [0.5, 0.6) is 0 Å². The average molecular weight is 288 g/mol. The summed E-state index contributed by atoms with van der Waals surface area (Å²) in [6.45, 7) is 7.04. The standard InChI is InChI=1S/C17H24N2O2/c1-16(2,3)6-7-19-15(21)13(10-18)14(20)17(19)9-11-4-5-12(17)8-11/h11-13H,4-9H2,1-3H3. The second-order valence-electron chi connectivity index (χ2n) is 8.23. The van der Waals surface area contributed by atoms with E-state index in [1.54, 1.807) is 4.90 Å². The molecule has 4 heteroatoms. The molecule has 0 aromatic rings. The third-order valence-electron chi connectivity index (χ3n) is 5.71. The van der Waals surface area contributed by atoms with Gasteiger partial charge in [0.05, 0.1) is 6.07 Å². The molecule has 4 unspecified atom stereocenters. The zero-order chi connectivity index (χ0) is 15.4. The van der Waals surface area contributed by atoms with Gasteiger partial charge in [0.1, 0.15) is 5.54 Å². The van der Waals surface area contributed by atoms with E-state index in [0.717, 1.165) is 25.7 Å². The molecule has 114 valence electrons. The van der Waals surface area contributed by atoms with Gasteiger partial charge in [-0.05, 0) is 49.4 Å². The Morgan fingerprint density at radius 3 is 2.52 bits per heavy atom. The van der Waals surface area contributed by atoms with Crippen molar-refractivity contribution < 1.29 is 9.59 Å². The molecule has 3 aliphatic rings. The minimum atomic E-state index is -1.05. The van der Waals surface area contributed by atoms with Gasteiger partial charge in [-0.3, -0.25) is 9.59 Å². The minimum absolute atomic E-state index is 0.101. The van der Waals surface area contributed by atoms with Gasteiger partial charge in [-0.25, -0.2) is 0 Å². The maximum absolute atomic E-state index is 12.8. The van der Waals surface area contributed by atoms with Crippen molar-refractivity contribution >= 4 is 11.7 Å². The molecule has 0 aromatic carbocycles. The third-order valence-corrected chi connectivity index (χ3v) is 5.71. The highest BCUT2D eigenvalue weighted by Crippen LogP contribution is 2.57. The van der Waals surface area contributed by atoms with E-state index in [9.17, 15) is 14.9 Å².